The van der Waals surface area contributed by atoms with Gasteiger partial charge in [0.2, 0.25) is 0 Å². The van der Waals surface area contributed by atoms with E-state index in [0.29, 0.717) is 0 Å². The van der Waals surface area contributed by atoms with Crippen LogP contribution in [0, 0.1) is 0 Å². The van der Waals surface area contributed by atoms with E-state index in [1.807, 2.05) is 0 Å². The lowest BCUT2D eigenvalue weighted by Gasteiger charge is -2.08. The number of hydrogen-bond donors (Lipinski definition) is 1. The van der Waals surface area contributed by atoms with E-state index in [1.165, 1.54) is 17.5 Å². The van der Waals surface area contributed by atoms with E-state index in [4.69, 9.17) is 4.74 Å². The highest BCUT2D eigenvalue weighted by Gasteiger charge is 2.08. The summed E-state index contributed by atoms with van der Waals surface area (Å²) in [4.78, 5) is 0. The molecule has 0 aliphatic carbocycles. The van der Waals surface area contributed by atoms with Gasteiger partial charge in [0.1, 0.15) is 12.4 Å². The molecule has 0 fully saturated rings. The molecule has 0 unspecified atom stereocenters. The Bertz CT molecular complexity index is 309. The summed E-state index contributed by atoms with van der Waals surface area (Å²) in [6, 6.07) is 6.54. The number of benzene rings is 1. The average molecular weight is 191 g/mol. The first-order chi connectivity index (χ1) is 6.90. The first-order valence-corrected chi connectivity index (χ1v) is 5.35. The van der Waals surface area contributed by atoms with Crippen LogP contribution in [0.4, 0.5) is 0 Å². The van der Waals surface area contributed by atoms with E-state index >= 15 is 0 Å². The van der Waals surface area contributed by atoms with Crippen molar-refractivity contribution in [2.75, 3.05) is 13.2 Å². The second-order valence-electron chi connectivity index (χ2n) is 3.72. The lowest BCUT2D eigenvalue weighted by atomic mass is 10.1. The Balaban J connectivity index is 2.23. The minimum atomic E-state index is 0.778. The second-order valence-corrected chi connectivity index (χ2v) is 3.72. The second kappa shape index (κ2) is 4.47. The van der Waals surface area contributed by atoms with Gasteiger partial charge in [-0.15, -0.1) is 0 Å². The highest BCUT2D eigenvalue weighted by Crippen LogP contribution is 2.22. The average Bonchev–Trinajstić information content (AvgIpc) is 2.42. The van der Waals surface area contributed by atoms with Crippen molar-refractivity contribution in [1.82, 2.24) is 5.32 Å². The molecule has 0 atom stereocenters. The van der Waals surface area contributed by atoms with Crippen LogP contribution in [0.15, 0.2) is 18.2 Å². The first-order valence-electron chi connectivity index (χ1n) is 5.35. The topological polar surface area (TPSA) is 21.3 Å². The molecule has 1 aromatic rings. The van der Waals surface area contributed by atoms with E-state index in [1.54, 1.807) is 0 Å². The fourth-order valence-electron chi connectivity index (χ4n) is 1.81. The highest BCUT2D eigenvalue weighted by atomic mass is 16.5. The summed E-state index contributed by atoms with van der Waals surface area (Å²) in [6.07, 6.45) is 2.36. The van der Waals surface area contributed by atoms with Crippen LogP contribution in [0.5, 0.6) is 5.75 Å². The Labute approximate surface area is 85.3 Å². The molecule has 1 aromatic carbocycles. The molecule has 0 saturated heterocycles. The van der Waals surface area contributed by atoms with Crippen LogP contribution in [0.1, 0.15) is 24.5 Å². The van der Waals surface area contributed by atoms with Crippen molar-refractivity contribution in [2.24, 2.45) is 0 Å². The standard InChI is InChI=1S/C12H17NO/c1-2-3-10-4-5-12-11(8-10)9-13-6-7-14-12/h4-5,8,13H,2-3,6-7,9H2,1H3. The number of hydrogen-bond acceptors (Lipinski definition) is 2. The lowest BCUT2D eigenvalue weighted by molar-refractivity contribution is 0.325. The van der Waals surface area contributed by atoms with Gasteiger partial charge < -0.3 is 10.1 Å². The molecular weight excluding hydrogens is 174 g/mol. The maximum absolute atomic E-state index is 5.62. The number of ether oxygens (including phenoxy) is 1. The number of fused-ring (bicyclic) bond motifs is 1. The third kappa shape index (κ3) is 2.07. The van der Waals surface area contributed by atoms with Crippen LogP contribution in [0.3, 0.4) is 0 Å². The van der Waals surface area contributed by atoms with Crippen molar-refractivity contribution in [1.29, 1.82) is 0 Å². The van der Waals surface area contributed by atoms with E-state index < -0.39 is 0 Å². The number of nitrogens with one attached hydrogen (secondary N) is 1. The molecule has 0 amide bonds. The molecule has 14 heavy (non-hydrogen) atoms. The summed E-state index contributed by atoms with van der Waals surface area (Å²) in [6.45, 7) is 4.87. The Morgan fingerprint density at radius 1 is 1.43 bits per heavy atom. The van der Waals surface area contributed by atoms with Crippen LogP contribution < -0.4 is 10.1 Å². The molecule has 1 aliphatic heterocycles. The Morgan fingerprint density at radius 2 is 2.36 bits per heavy atom. The van der Waals surface area contributed by atoms with Crippen LogP contribution in [0.25, 0.3) is 0 Å². The minimum Gasteiger partial charge on any atom is -0.492 e. The third-order valence-corrected chi connectivity index (χ3v) is 2.52. The zero-order chi connectivity index (χ0) is 9.80. The van der Waals surface area contributed by atoms with Gasteiger partial charge in [-0.1, -0.05) is 25.5 Å². The summed E-state index contributed by atoms with van der Waals surface area (Å²) in [7, 11) is 0. The van der Waals surface area contributed by atoms with Gasteiger partial charge in [-0.3, -0.25) is 0 Å². The van der Waals surface area contributed by atoms with E-state index in [2.05, 4.69) is 30.4 Å². The Hall–Kier alpha value is -1.02. The zero-order valence-electron chi connectivity index (χ0n) is 8.68. The lowest BCUT2D eigenvalue weighted by Crippen LogP contribution is -2.16. The van der Waals surface area contributed by atoms with E-state index in [-0.39, 0.29) is 0 Å². The third-order valence-electron chi connectivity index (χ3n) is 2.52. The molecule has 2 heteroatoms. The molecule has 1 aliphatic rings. The van der Waals surface area contributed by atoms with Crippen molar-refractivity contribution >= 4 is 0 Å². The van der Waals surface area contributed by atoms with Gasteiger partial charge in [-0.05, 0) is 18.1 Å². The van der Waals surface area contributed by atoms with Crippen LogP contribution >= 0.6 is 0 Å². The van der Waals surface area contributed by atoms with Crippen molar-refractivity contribution in [2.45, 2.75) is 26.3 Å². The molecule has 0 bridgehead atoms. The molecule has 76 valence electrons. The predicted octanol–water partition coefficient (Wildman–Crippen LogP) is 2.12. The largest absolute Gasteiger partial charge is 0.492 e. The zero-order valence-corrected chi connectivity index (χ0v) is 8.68. The molecule has 0 radical (unpaired) electrons. The van der Waals surface area contributed by atoms with Gasteiger partial charge in [0.25, 0.3) is 0 Å². The minimum absolute atomic E-state index is 0.778. The van der Waals surface area contributed by atoms with E-state index in [0.717, 1.165) is 31.9 Å². The van der Waals surface area contributed by atoms with Crippen LogP contribution in [-0.4, -0.2) is 13.2 Å². The van der Waals surface area contributed by atoms with Gasteiger partial charge in [-0.25, -0.2) is 0 Å². The van der Waals surface area contributed by atoms with Gasteiger partial charge in [0.05, 0.1) is 0 Å². The summed E-state index contributed by atoms with van der Waals surface area (Å²) in [5.41, 5.74) is 2.71. The van der Waals surface area contributed by atoms with Crippen LogP contribution in [-0.2, 0) is 13.0 Å². The summed E-state index contributed by atoms with van der Waals surface area (Å²) in [5.74, 6) is 1.05. The summed E-state index contributed by atoms with van der Waals surface area (Å²) < 4.78 is 5.62. The van der Waals surface area contributed by atoms with Crippen molar-refractivity contribution in [3.63, 3.8) is 0 Å². The summed E-state index contributed by atoms with van der Waals surface area (Å²) >= 11 is 0. The maximum atomic E-state index is 5.62. The SMILES string of the molecule is CCCc1ccc2c(c1)CNCCO2. The number of aryl methyl sites for hydroxylation is 1. The molecule has 0 saturated carbocycles. The number of rotatable bonds is 2. The maximum Gasteiger partial charge on any atom is 0.123 e. The van der Waals surface area contributed by atoms with E-state index in [9.17, 15) is 0 Å². The molecular formula is C12H17NO. The van der Waals surface area contributed by atoms with Crippen LogP contribution in [0.2, 0.25) is 0 Å². The monoisotopic (exact) mass is 191 g/mol. The Morgan fingerprint density at radius 3 is 3.21 bits per heavy atom. The molecule has 1 heterocycles. The first kappa shape index (κ1) is 9.53. The predicted molar refractivity (Wildman–Crippen MR) is 57.6 cm³/mol. The van der Waals surface area contributed by atoms with Crippen molar-refractivity contribution < 1.29 is 4.74 Å². The fraction of sp³-hybridized carbons (Fsp3) is 0.500. The molecule has 0 aromatic heterocycles. The fourth-order valence-corrected chi connectivity index (χ4v) is 1.81. The van der Waals surface area contributed by atoms with Gasteiger partial charge in [-0.2, -0.15) is 0 Å². The molecule has 1 N–H and O–H groups in total. The van der Waals surface area contributed by atoms with Gasteiger partial charge in [0.15, 0.2) is 0 Å². The molecule has 2 rings (SSSR count). The smallest absolute Gasteiger partial charge is 0.123 e. The quantitative estimate of drug-likeness (QED) is 0.773. The Kier molecular flexibility index (Phi) is 3.04. The van der Waals surface area contributed by atoms with Gasteiger partial charge >= 0.3 is 0 Å². The van der Waals surface area contributed by atoms with Crippen molar-refractivity contribution in [3.05, 3.63) is 29.3 Å². The molecule has 0 spiro atoms. The van der Waals surface area contributed by atoms with Crippen molar-refractivity contribution in [3.8, 4) is 5.75 Å². The normalized spacial score (nSPS) is 15.5. The molecule has 2 nitrogen and oxygen atoms in total. The van der Waals surface area contributed by atoms with Gasteiger partial charge in [0, 0.05) is 18.7 Å². The highest BCUT2D eigenvalue weighted by molar-refractivity contribution is 5.37. The summed E-state index contributed by atoms with van der Waals surface area (Å²) in [5, 5.41) is 3.35.